The van der Waals surface area contributed by atoms with Gasteiger partial charge in [-0.15, -0.1) is 11.3 Å². The van der Waals surface area contributed by atoms with Crippen molar-refractivity contribution in [2.75, 3.05) is 5.32 Å². The van der Waals surface area contributed by atoms with E-state index in [0.717, 1.165) is 28.2 Å². The summed E-state index contributed by atoms with van der Waals surface area (Å²) < 4.78 is 0. The number of nitrogens with one attached hydrogen (secondary N) is 1. The molecule has 22 heavy (non-hydrogen) atoms. The van der Waals surface area contributed by atoms with Crippen molar-refractivity contribution in [3.05, 3.63) is 44.9 Å². The van der Waals surface area contributed by atoms with E-state index in [2.05, 4.69) is 10.3 Å². The minimum Gasteiger partial charge on any atom is -0.477 e. The molecule has 0 fully saturated rings. The highest BCUT2D eigenvalue weighted by Crippen LogP contribution is 2.20. The molecule has 5 nitrogen and oxygen atoms in total. The van der Waals surface area contributed by atoms with Crippen LogP contribution in [0.1, 0.15) is 38.4 Å². The number of benzene rings is 1. The lowest BCUT2D eigenvalue weighted by atomic mass is 10.1. The molecule has 0 aliphatic heterocycles. The Bertz CT molecular complexity index is 722. The maximum absolute atomic E-state index is 12.1. The number of carboxylic acids is 1. The minimum atomic E-state index is -0.991. The van der Waals surface area contributed by atoms with Crippen LogP contribution in [0.5, 0.6) is 0 Å². The molecule has 0 spiro atoms. The molecule has 2 N–H and O–H groups in total. The molecule has 0 aliphatic rings. The SMILES string of the molecule is CCc1nc(CC(=O)Nc2ccc(C)c(C)c2)sc1C(=O)O. The van der Waals surface area contributed by atoms with E-state index in [1.165, 1.54) is 0 Å². The van der Waals surface area contributed by atoms with Gasteiger partial charge in [0.25, 0.3) is 0 Å². The van der Waals surface area contributed by atoms with Crippen molar-refractivity contribution in [2.24, 2.45) is 0 Å². The minimum absolute atomic E-state index is 0.0812. The summed E-state index contributed by atoms with van der Waals surface area (Å²) in [5, 5.41) is 12.4. The zero-order chi connectivity index (χ0) is 16.3. The monoisotopic (exact) mass is 318 g/mol. The van der Waals surface area contributed by atoms with Crippen LogP contribution >= 0.6 is 11.3 Å². The van der Waals surface area contributed by atoms with Gasteiger partial charge in [0.15, 0.2) is 0 Å². The Labute approximate surface area is 133 Å². The van der Waals surface area contributed by atoms with Crippen LogP contribution in [0.3, 0.4) is 0 Å². The van der Waals surface area contributed by atoms with Gasteiger partial charge in [-0.3, -0.25) is 4.79 Å². The third-order valence-corrected chi connectivity index (χ3v) is 4.46. The molecule has 1 aromatic carbocycles. The molecule has 0 saturated carbocycles. The number of aromatic nitrogens is 1. The van der Waals surface area contributed by atoms with Gasteiger partial charge in [-0.2, -0.15) is 0 Å². The average Bonchev–Trinajstić information content (AvgIpc) is 2.86. The van der Waals surface area contributed by atoms with Gasteiger partial charge < -0.3 is 10.4 Å². The number of aromatic carboxylic acids is 1. The predicted molar refractivity (Wildman–Crippen MR) is 86.7 cm³/mol. The molecule has 1 amide bonds. The lowest BCUT2D eigenvalue weighted by molar-refractivity contribution is -0.115. The summed E-state index contributed by atoms with van der Waals surface area (Å²) in [7, 11) is 0. The van der Waals surface area contributed by atoms with Gasteiger partial charge in [0.05, 0.1) is 12.1 Å². The number of hydrogen-bond acceptors (Lipinski definition) is 4. The average molecular weight is 318 g/mol. The second kappa shape index (κ2) is 6.70. The fraction of sp³-hybridized carbons (Fsp3) is 0.312. The van der Waals surface area contributed by atoms with E-state index in [-0.39, 0.29) is 17.2 Å². The van der Waals surface area contributed by atoms with Crippen molar-refractivity contribution < 1.29 is 14.7 Å². The molecule has 0 bridgehead atoms. The van der Waals surface area contributed by atoms with Crippen LogP contribution < -0.4 is 5.32 Å². The summed E-state index contributed by atoms with van der Waals surface area (Å²) in [4.78, 5) is 27.6. The number of aryl methyl sites for hydroxylation is 3. The molecule has 0 radical (unpaired) electrons. The first-order valence-electron chi connectivity index (χ1n) is 6.99. The first-order chi connectivity index (χ1) is 10.4. The van der Waals surface area contributed by atoms with Crippen molar-refractivity contribution in [1.82, 2.24) is 4.98 Å². The van der Waals surface area contributed by atoms with E-state index in [4.69, 9.17) is 5.11 Å². The van der Waals surface area contributed by atoms with E-state index < -0.39 is 5.97 Å². The molecule has 0 unspecified atom stereocenters. The molecule has 0 saturated heterocycles. The van der Waals surface area contributed by atoms with E-state index in [0.29, 0.717) is 17.1 Å². The lowest BCUT2D eigenvalue weighted by Gasteiger charge is -2.06. The van der Waals surface area contributed by atoms with Gasteiger partial charge >= 0.3 is 5.97 Å². The molecule has 116 valence electrons. The van der Waals surface area contributed by atoms with E-state index in [1.54, 1.807) is 0 Å². The fourth-order valence-corrected chi connectivity index (χ4v) is 3.03. The van der Waals surface area contributed by atoms with Crippen LogP contribution in [0.2, 0.25) is 0 Å². The number of hydrogen-bond donors (Lipinski definition) is 2. The highest BCUT2D eigenvalue weighted by atomic mass is 32.1. The zero-order valence-electron chi connectivity index (χ0n) is 12.8. The Morgan fingerprint density at radius 2 is 2.00 bits per heavy atom. The Morgan fingerprint density at radius 1 is 1.27 bits per heavy atom. The Kier molecular flexibility index (Phi) is 4.92. The molecule has 2 aromatic rings. The van der Waals surface area contributed by atoms with Crippen LogP contribution in [0.15, 0.2) is 18.2 Å². The Morgan fingerprint density at radius 3 is 2.55 bits per heavy atom. The molecular formula is C16H18N2O3S. The molecule has 1 aromatic heterocycles. The third-order valence-electron chi connectivity index (χ3n) is 3.37. The third kappa shape index (κ3) is 3.71. The van der Waals surface area contributed by atoms with Gasteiger partial charge in [-0.1, -0.05) is 13.0 Å². The van der Waals surface area contributed by atoms with Crippen LogP contribution in [0, 0.1) is 13.8 Å². The Balaban J connectivity index is 2.08. The van der Waals surface area contributed by atoms with Crippen molar-refractivity contribution in [1.29, 1.82) is 0 Å². The van der Waals surface area contributed by atoms with Gasteiger partial charge in [0.1, 0.15) is 9.88 Å². The standard InChI is InChI=1S/C16H18N2O3S/c1-4-12-15(16(20)21)22-14(18-12)8-13(19)17-11-6-5-9(2)10(3)7-11/h5-7H,4,8H2,1-3H3,(H,17,19)(H,20,21). The maximum Gasteiger partial charge on any atom is 0.347 e. The maximum atomic E-state index is 12.1. The normalized spacial score (nSPS) is 10.5. The molecule has 6 heteroatoms. The number of thiazole rings is 1. The molecule has 1 heterocycles. The van der Waals surface area contributed by atoms with E-state index in [1.807, 2.05) is 39.0 Å². The number of carbonyl (C=O) groups excluding carboxylic acids is 1. The van der Waals surface area contributed by atoms with Crippen molar-refractivity contribution in [2.45, 2.75) is 33.6 Å². The number of anilines is 1. The Hall–Kier alpha value is -2.21. The van der Waals surface area contributed by atoms with Crippen LogP contribution in [-0.4, -0.2) is 22.0 Å². The van der Waals surface area contributed by atoms with Crippen molar-refractivity contribution in [3.63, 3.8) is 0 Å². The zero-order valence-corrected chi connectivity index (χ0v) is 13.6. The number of carboxylic acid groups (broad SMARTS) is 1. The van der Waals surface area contributed by atoms with Gasteiger partial charge in [0, 0.05) is 5.69 Å². The second-order valence-electron chi connectivity index (χ2n) is 5.07. The smallest absolute Gasteiger partial charge is 0.347 e. The molecular weight excluding hydrogens is 300 g/mol. The summed E-state index contributed by atoms with van der Waals surface area (Å²) in [6, 6.07) is 5.71. The summed E-state index contributed by atoms with van der Waals surface area (Å²) in [6.07, 6.45) is 0.620. The van der Waals surface area contributed by atoms with Gasteiger partial charge in [-0.05, 0) is 43.5 Å². The summed E-state index contributed by atoms with van der Waals surface area (Å²) >= 11 is 1.07. The van der Waals surface area contributed by atoms with Gasteiger partial charge in [-0.25, -0.2) is 9.78 Å². The topological polar surface area (TPSA) is 79.3 Å². The van der Waals surface area contributed by atoms with Crippen LogP contribution in [-0.2, 0) is 17.6 Å². The van der Waals surface area contributed by atoms with Crippen molar-refractivity contribution in [3.8, 4) is 0 Å². The number of carbonyl (C=O) groups is 2. The summed E-state index contributed by atoms with van der Waals surface area (Å²) in [5.41, 5.74) is 3.54. The van der Waals surface area contributed by atoms with Crippen LogP contribution in [0.25, 0.3) is 0 Å². The number of amides is 1. The highest BCUT2D eigenvalue weighted by molar-refractivity contribution is 7.13. The summed E-state index contributed by atoms with van der Waals surface area (Å²) in [5.74, 6) is -1.19. The quantitative estimate of drug-likeness (QED) is 0.887. The van der Waals surface area contributed by atoms with E-state index in [9.17, 15) is 9.59 Å². The fourth-order valence-electron chi connectivity index (χ4n) is 2.04. The largest absolute Gasteiger partial charge is 0.477 e. The first-order valence-corrected chi connectivity index (χ1v) is 7.81. The molecule has 0 aliphatic carbocycles. The predicted octanol–water partition coefficient (Wildman–Crippen LogP) is 3.20. The molecule has 2 rings (SSSR count). The highest BCUT2D eigenvalue weighted by Gasteiger charge is 2.17. The summed E-state index contributed by atoms with van der Waals surface area (Å²) in [6.45, 7) is 5.84. The van der Waals surface area contributed by atoms with Crippen LogP contribution in [0.4, 0.5) is 5.69 Å². The lowest BCUT2D eigenvalue weighted by Crippen LogP contribution is -2.14. The van der Waals surface area contributed by atoms with Gasteiger partial charge in [0.2, 0.25) is 5.91 Å². The second-order valence-corrected chi connectivity index (χ2v) is 6.15. The number of nitrogens with zero attached hydrogens (tertiary/aromatic N) is 1. The number of rotatable bonds is 5. The first kappa shape index (κ1) is 16.2. The van der Waals surface area contributed by atoms with E-state index >= 15 is 0 Å². The molecule has 0 atom stereocenters. The van der Waals surface area contributed by atoms with Crippen molar-refractivity contribution >= 4 is 28.9 Å².